The van der Waals surface area contributed by atoms with E-state index >= 15 is 0 Å². The number of hydrogen-bond acceptors (Lipinski definition) is 5. The normalized spacial score (nSPS) is 10.8. The molecule has 2 rings (SSSR count). The van der Waals surface area contributed by atoms with Crippen molar-refractivity contribution in [1.29, 1.82) is 0 Å². The zero-order valence-corrected chi connectivity index (χ0v) is 11.7. The van der Waals surface area contributed by atoms with E-state index in [0.717, 1.165) is 15.8 Å². The van der Waals surface area contributed by atoms with Crippen molar-refractivity contribution in [2.24, 2.45) is 5.73 Å². The van der Waals surface area contributed by atoms with Gasteiger partial charge in [0.25, 0.3) is 5.22 Å². The minimum absolute atomic E-state index is 0.558. The summed E-state index contributed by atoms with van der Waals surface area (Å²) < 4.78 is 6.40. The molecule has 0 fully saturated rings. The lowest BCUT2D eigenvalue weighted by atomic mass is 10.1. The third-order valence-corrected chi connectivity index (χ3v) is 3.59. The molecule has 0 atom stereocenters. The minimum Gasteiger partial charge on any atom is -0.416 e. The van der Waals surface area contributed by atoms with E-state index in [-0.39, 0.29) is 0 Å². The van der Waals surface area contributed by atoms with Gasteiger partial charge in [-0.3, -0.25) is 0 Å². The van der Waals surface area contributed by atoms with Crippen LogP contribution in [0.2, 0.25) is 0 Å². The highest BCUT2D eigenvalue weighted by molar-refractivity contribution is 9.10. The van der Waals surface area contributed by atoms with Gasteiger partial charge in [0.05, 0.1) is 0 Å². The monoisotopic (exact) mass is 313 g/mol. The molecule has 4 nitrogen and oxygen atoms in total. The molecule has 90 valence electrons. The number of nitrogens with two attached hydrogens (primary N) is 1. The number of halogens is 1. The van der Waals surface area contributed by atoms with E-state index in [4.69, 9.17) is 10.2 Å². The Morgan fingerprint density at radius 1 is 1.41 bits per heavy atom. The molecule has 0 aliphatic carbocycles. The molecule has 1 heterocycles. The van der Waals surface area contributed by atoms with Crippen LogP contribution < -0.4 is 5.73 Å². The van der Waals surface area contributed by atoms with Crippen LogP contribution >= 0.6 is 27.7 Å². The third-order valence-electron chi connectivity index (χ3n) is 2.14. The lowest BCUT2D eigenvalue weighted by Gasteiger charge is -2.06. The summed E-state index contributed by atoms with van der Waals surface area (Å²) in [6.07, 6.45) is 0.828. The first-order valence-corrected chi connectivity index (χ1v) is 6.76. The molecular weight excluding hydrogens is 302 g/mol. The third kappa shape index (κ3) is 3.31. The summed E-state index contributed by atoms with van der Waals surface area (Å²) in [7, 11) is 0. The second-order valence-corrected chi connectivity index (χ2v) is 5.39. The Labute approximate surface area is 112 Å². The lowest BCUT2D eigenvalue weighted by molar-refractivity contribution is 0.429. The van der Waals surface area contributed by atoms with Gasteiger partial charge in [0.2, 0.25) is 5.89 Å². The Hall–Kier alpha value is -0.850. The van der Waals surface area contributed by atoms with E-state index in [1.165, 1.54) is 17.3 Å². The lowest BCUT2D eigenvalue weighted by Crippen LogP contribution is -2.03. The number of nitrogens with zero attached hydrogens (tertiary/aromatic N) is 2. The van der Waals surface area contributed by atoms with E-state index in [1.807, 2.05) is 12.1 Å². The van der Waals surface area contributed by atoms with Crippen LogP contribution in [-0.4, -0.2) is 16.7 Å². The van der Waals surface area contributed by atoms with Crippen molar-refractivity contribution in [2.45, 2.75) is 23.5 Å². The molecule has 0 aliphatic rings. The van der Waals surface area contributed by atoms with Gasteiger partial charge in [-0.15, -0.1) is 10.2 Å². The molecule has 2 aromatic rings. The van der Waals surface area contributed by atoms with E-state index in [2.05, 4.69) is 32.2 Å². The summed E-state index contributed by atoms with van der Waals surface area (Å²) in [5, 5.41) is 8.33. The summed E-state index contributed by atoms with van der Waals surface area (Å²) in [5.41, 5.74) is 6.78. The predicted octanol–water partition coefficient (Wildman–Crippen LogP) is 2.79. The molecule has 0 saturated heterocycles. The Bertz CT molecular complexity index is 515. The summed E-state index contributed by atoms with van der Waals surface area (Å²) >= 11 is 4.92. The average Bonchev–Trinajstić information content (AvgIpc) is 2.69. The molecule has 0 bridgehead atoms. The summed E-state index contributed by atoms with van der Waals surface area (Å²) in [4.78, 5) is 1.10. The predicted molar refractivity (Wildman–Crippen MR) is 70.1 cm³/mol. The molecule has 0 radical (unpaired) electrons. The average molecular weight is 314 g/mol. The maximum absolute atomic E-state index is 5.60. The first-order valence-electron chi connectivity index (χ1n) is 5.15. The smallest absolute Gasteiger partial charge is 0.281 e. The Balaban J connectivity index is 2.25. The molecule has 0 saturated carbocycles. The van der Waals surface area contributed by atoms with Gasteiger partial charge >= 0.3 is 0 Å². The van der Waals surface area contributed by atoms with Gasteiger partial charge < -0.3 is 10.2 Å². The van der Waals surface area contributed by atoms with Crippen LogP contribution in [0.1, 0.15) is 11.5 Å². The first-order chi connectivity index (χ1) is 8.19. The largest absolute Gasteiger partial charge is 0.416 e. The Kier molecular flexibility index (Phi) is 4.20. The number of aryl methyl sites for hydroxylation is 1. The first kappa shape index (κ1) is 12.6. The van der Waals surface area contributed by atoms with Gasteiger partial charge in [-0.1, -0.05) is 15.9 Å². The maximum Gasteiger partial charge on any atom is 0.281 e. The molecule has 17 heavy (non-hydrogen) atoms. The molecule has 1 aromatic heterocycles. The minimum atomic E-state index is 0.558. The van der Waals surface area contributed by atoms with Gasteiger partial charge in [-0.25, -0.2) is 0 Å². The summed E-state index contributed by atoms with van der Waals surface area (Å²) in [6, 6.07) is 6.09. The summed E-state index contributed by atoms with van der Waals surface area (Å²) in [5.74, 6) is 0.574. The molecule has 0 amide bonds. The summed E-state index contributed by atoms with van der Waals surface area (Å²) in [6.45, 7) is 2.40. The van der Waals surface area contributed by atoms with Crippen LogP contribution in [0.3, 0.4) is 0 Å². The van der Waals surface area contributed by atoms with Gasteiger partial charge in [0.15, 0.2) is 0 Å². The zero-order chi connectivity index (χ0) is 12.3. The van der Waals surface area contributed by atoms with E-state index in [1.54, 1.807) is 6.92 Å². The van der Waals surface area contributed by atoms with Crippen LogP contribution in [-0.2, 0) is 6.42 Å². The molecule has 0 aliphatic heterocycles. The van der Waals surface area contributed by atoms with Crippen LogP contribution in [0.4, 0.5) is 0 Å². The van der Waals surface area contributed by atoms with Crippen molar-refractivity contribution in [3.05, 3.63) is 34.1 Å². The highest BCUT2D eigenvalue weighted by Crippen LogP contribution is 2.31. The van der Waals surface area contributed by atoms with Crippen LogP contribution in [0.5, 0.6) is 0 Å². The molecular formula is C11H12BrN3OS. The molecule has 6 heteroatoms. The second kappa shape index (κ2) is 5.66. The number of benzene rings is 1. The topological polar surface area (TPSA) is 64.9 Å². The van der Waals surface area contributed by atoms with Crippen LogP contribution in [0.25, 0.3) is 0 Å². The van der Waals surface area contributed by atoms with Crippen molar-refractivity contribution in [3.63, 3.8) is 0 Å². The molecule has 1 aromatic carbocycles. The van der Waals surface area contributed by atoms with Gasteiger partial charge in [-0.05, 0) is 48.5 Å². The zero-order valence-electron chi connectivity index (χ0n) is 9.31. The van der Waals surface area contributed by atoms with Crippen LogP contribution in [0, 0.1) is 6.92 Å². The second-order valence-electron chi connectivity index (χ2n) is 3.48. The SMILES string of the molecule is Cc1nnc(Sc2ccc(Br)cc2CCN)o1. The highest BCUT2D eigenvalue weighted by atomic mass is 79.9. The van der Waals surface area contributed by atoms with E-state index < -0.39 is 0 Å². The van der Waals surface area contributed by atoms with Gasteiger partial charge in [-0.2, -0.15) is 0 Å². The van der Waals surface area contributed by atoms with E-state index in [0.29, 0.717) is 17.7 Å². The maximum atomic E-state index is 5.60. The molecule has 2 N–H and O–H groups in total. The molecule has 0 unspecified atom stereocenters. The Morgan fingerprint density at radius 3 is 2.88 bits per heavy atom. The standard InChI is InChI=1S/C11H12BrN3OS/c1-7-14-15-11(16-7)17-10-3-2-9(12)6-8(10)4-5-13/h2-3,6H,4-5,13H2,1H3. The van der Waals surface area contributed by atoms with Crippen molar-refractivity contribution < 1.29 is 4.42 Å². The van der Waals surface area contributed by atoms with Gasteiger partial charge in [0.1, 0.15) is 0 Å². The quantitative estimate of drug-likeness (QED) is 0.940. The number of rotatable bonds is 4. The van der Waals surface area contributed by atoms with E-state index in [9.17, 15) is 0 Å². The molecule has 0 spiro atoms. The number of hydrogen-bond donors (Lipinski definition) is 1. The van der Waals surface area contributed by atoms with Crippen molar-refractivity contribution in [1.82, 2.24) is 10.2 Å². The van der Waals surface area contributed by atoms with Crippen molar-refractivity contribution in [2.75, 3.05) is 6.54 Å². The van der Waals surface area contributed by atoms with Crippen molar-refractivity contribution >= 4 is 27.7 Å². The fourth-order valence-electron chi connectivity index (χ4n) is 1.41. The van der Waals surface area contributed by atoms with Crippen molar-refractivity contribution in [3.8, 4) is 0 Å². The fraction of sp³-hybridized carbons (Fsp3) is 0.273. The Morgan fingerprint density at radius 2 is 2.24 bits per heavy atom. The highest BCUT2D eigenvalue weighted by Gasteiger charge is 2.09. The number of aromatic nitrogens is 2. The van der Waals surface area contributed by atoms with Gasteiger partial charge in [0, 0.05) is 16.3 Å². The fourth-order valence-corrected chi connectivity index (χ4v) is 2.68. The van der Waals surface area contributed by atoms with Crippen LogP contribution in [0.15, 0.2) is 37.2 Å².